The summed E-state index contributed by atoms with van der Waals surface area (Å²) in [6.45, 7) is 5.10. The highest BCUT2D eigenvalue weighted by Gasteiger charge is 2.08. The van der Waals surface area contributed by atoms with Crippen molar-refractivity contribution >= 4 is 11.3 Å². The second-order valence-corrected chi connectivity index (χ2v) is 4.95. The normalized spacial score (nSPS) is 12.9. The van der Waals surface area contributed by atoms with Crippen molar-refractivity contribution in [2.24, 2.45) is 0 Å². The lowest BCUT2D eigenvalue weighted by molar-refractivity contribution is 0.406. The molecule has 0 aliphatic rings. The van der Waals surface area contributed by atoms with E-state index in [1.54, 1.807) is 6.26 Å². The Morgan fingerprint density at radius 2 is 2.31 bits per heavy atom. The molecule has 0 fully saturated rings. The summed E-state index contributed by atoms with van der Waals surface area (Å²) in [5, 5.41) is 7.30. The van der Waals surface area contributed by atoms with Crippen LogP contribution in [0, 0.1) is 0 Å². The van der Waals surface area contributed by atoms with Gasteiger partial charge < -0.3 is 9.84 Å². The highest BCUT2D eigenvalue weighted by Crippen LogP contribution is 2.23. The molecule has 1 atom stereocenters. The maximum absolute atomic E-state index is 4.79. The van der Waals surface area contributed by atoms with E-state index in [1.807, 2.05) is 17.4 Å². The van der Waals surface area contributed by atoms with Gasteiger partial charge in [0, 0.05) is 28.4 Å². The number of nitrogens with one attached hydrogen (secondary N) is 1. The second-order valence-electron chi connectivity index (χ2n) is 3.75. The fourth-order valence-electron chi connectivity index (χ4n) is 1.50. The maximum Gasteiger partial charge on any atom is 0.124 e. The molecular formula is C12H16N2OS. The summed E-state index contributed by atoms with van der Waals surface area (Å²) >= 11 is 1.87. The van der Waals surface area contributed by atoms with Crippen LogP contribution in [0.2, 0.25) is 0 Å². The first-order valence-electron chi connectivity index (χ1n) is 5.51. The van der Waals surface area contributed by atoms with E-state index in [0.29, 0.717) is 6.04 Å². The van der Waals surface area contributed by atoms with Crippen molar-refractivity contribution in [1.29, 1.82) is 0 Å². The van der Waals surface area contributed by atoms with Crippen LogP contribution in [-0.2, 0) is 13.0 Å². The van der Waals surface area contributed by atoms with Gasteiger partial charge in [0.2, 0.25) is 0 Å². The molecule has 86 valence electrons. The summed E-state index contributed by atoms with van der Waals surface area (Å²) in [5.41, 5.74) is 0.944. The van der Waals surface area contributed by atoms with Crippen molar-refractivity contribution in [3.8, 4) is 0 Å². The van der Waals surface area contributed by atoms with Crippen LogP contribution < -0.4 is 5.32 Å². The molecule has 3 nitrogen and oxygen atoms in total. The second kappa shape index (κ2) is 5.27. The first-order chi connectivity index (χ1) is 7.79. The predicted octanol–water partition coefficient (Wildman–Crippen LogP) is 3.15. The fraction of sp³-hybridized carbons (Fsp3) is 0.417. The Bertz CT molecular complexity index is 422. The number of hydrogen-bond donors (Lipinski definition) is 1. The van der Waals surface area contributed by atoms with Crippen molar-refractivity contribution in [2.45, 2.75) is 32.9 Å². The van der Waals surface area contributed by atoms with E-state index in [1.165, 1.54) is 9.75 Å². The van der Waals surface area contributed by atoms with Gasteiger partial charge in [-0.3, -0.25) is 0 Å². The molecule has 2 aromatic rings. The smallest absolute Gasteiger partial charge is 0.124 e. The zero-order chi connectivity index (χ0) is 11.4. The summed E-state index contributed by atoms with van der Waals surface area (Å²) in [5.74, 6) is 0. The number of aryl methyl sites for hydroxylation is 1. The predicted molar refractivity (Wildman–Crippen MR) is 65.5 cm³/mol. The molecule has 4 heteroatoms. The zero-order valence-electron chi connectivity index (χ0n) is 9.56. The van der Waals surface area contributed by atoms with Crippen molar-refractivity contribution in [3.05, 3.63) is 39.9 Å². The Kier molecular flexibility index (Phi) is 3.74. The van der Waals surface area contributed by atoms with Crippen LogP contribution in [0.5, 0.6) is 0 Å². The Hall–Kier alpha value is -1.13. The molecular weight excluding hydrogens is 220 g/mol. The number of nitrogens with zero attached hydrogens (tertiary/aromatic N) is 1. The van der Waals surface area contributed by atoms with Gasteiger partial charge in [-0.15, -0.1) is 11.3 Å². The van der Waals surface area contributed by atoms with Crippen molar-refractivity contribution in [3.63, 3.8) is 0 Å². The number of aromatic nitrogens is 1. The molecule has 0 aromatic carbocycles. The van der Waals surface area contributed by atoms with Gasteiger partial charge in [-0.2, -0.15) is 0 Å². The van der Waals surface area contributed by atoms with Crippen LogP contribution in [0.1, 0.15) is 35.3 Å². The molecule has 0 amide bonds. The molecule has 1 N–H and O–H groups in total. The molecule has 16 heavy (non-hydrogen) atoms. The lowest BCUT2D eigenvalue weighted by Crippen LogP contribution is -2.17. The summed E-state index contributed by atoms with van der Waals surface area (Å²) in [7, 11) is 0. The van der Waals surface area contributed by atoms with E-state index in [2.05, 4.69) is 36.5 Å². The van der Waals surface area contributed by atoms with E-state index in [4.69, 9.17) is 4.52 Å². The van der Waals surface area contributed by atoms with E-state index in [-0.39, 0.29) is 0 Å². The van der Waals surface area contributed by atoms with Crippen molar-refractivity contribution < 1.29 is 4.52 Å². The van der Waals surface area contributed by atoms with Gasteiger partial charge >= 0.3 is 0 Å². The molecule has 2 aromatic heterocycles. The van der Waals surface area contributed by atoms with Crippen molar-refractivity contribution in [1.82, 2.24) is 10.5 Å². The van der Waals surface area contributed by atoms with Crippen LogP contribution in [0.25, 0.3) is 0 Å². The highest BCUT2D eigenvalue weighted by molar-refractivity contribution is 7.12. The summed E-state index contributed by atoms with van der Waals surface area (Å²) in [6.07, 6.45) is 2.71. The Labute approximate surface area is 99.5 Å². The van der Waals surface area contributed by atoms with Crippen LogP contribution >= 0.6 is 11.3 Å². The monoisotopic (exact) mass is 236 g/mol. The molecule has 1 unspecified atom stereocenters. The van der Waals surface area contributed by atoms with Crippen LogP contribution in [-0.4, -0.2) is 5.16 Å². The molecule has 0 spiro atoms. The number of rotatable bonds is 5. The average molecular weight is 236 g/mol. The summed E-state index contributed by atoms with van der Waals surface area (Å²) < 4.78 is 4.79. The molecule has 0 saturated heterocycles. The van der Waals surface area contributed by atoms with E-state index < -0.39 is 0 Å². The largest absolute Gasteiger partial charge is 0.364 e. The maximum atomic E-state index is 4.79. The summed E-state index contributed by atoms with van der Waals surface area (Å²) in [6, 6.07) is 6.64. The van der Waals surface area contributed by atoms with Crippen LogP contribution in [0.15, 0.2) is 29.0 Å². The Balaban J connectivity index is 1.90. The molecule has 0 aliphatic carbocycles. The Morgan fingerprint density at radius 1 is 1.44 bits per heavy atom. The van der Waals surface area contributed by atoms with Crippen molar-refractivity contribution in [2.75, 3.05) is 0 Å². The first-order valence-corrected chi connectivity index (χ1v) is 6.32. The lowest BCUT2D eigenvalue weighted by Gasteiger charge is -2.10. The zero-order valence-corrected chi connectivity index (χ0v) is 10.4. The third-order valence-electron chi connectivity index (χ3n) is 2.54. The van der Waals surface area contributed by atoms with Gasteiger partial charge in [0.1, 0.15) is 6.26 Å². The number of hydrogen-bond acceptors (Lipinski definition) is 4. The molecule has 0 aliphatic heterocycles. The molecule has 0 bridgehead atoms. The van der Waals surface area contributed by atoms with E-state index >= 15 is 0 Å². The average Bonchev–Trinajstić information content (AvgIpc) is 2.96. The van der Waals surface area contributed by atoms with Gasteiger partial charge in [0.25, 0.3) is 0 Å². The van der Waals surface area contributed by atoms with Gasteiger partial charge in [-0.25, -0.2) is 0 Å². The standard InChI is InChI=1S/C12H16N2OS/c1-3-11-4-5-12(16-11)9(2)13-8-10-6-7-15-14-10/h4-7,9,13H,3,8H2,1-2H3. The van der Waals surface area contributed by atoms with Crippen LogP contribution in [0.4, 0.5) is 0 Å². The van der Waals surface area contributed by atoms with E-state index in [0.717, 1.165) is 18.7 Å². The summed E-state index contributed by atoms with van der Waals surface area (Å²) in [4.78, 5) is 2.81. The topological polar surface area (TPSA) is 38.1 Å². The van der Waals surface area contributed by atoms with Gasteiger partial charge in [-0.1, -0.05) is 12.1 Å². The minimum atomic E-state index is 0.363. The molecule has 0 radical (unpaired) electrons. The SMILES string of the molecule is CCc1ccc(C(C)NCc2ccon2)s1. The minimum Gasteiger partial charge on any atom is -0.364 e. The third kappa shape index (κ3) is 2.71. The quantitative estimate of drug-likeness (QED) is 0.866. The van der Waals surface area contributed by atoms with E-state index in [9.17, 15) is 0 Å². The fourth-order valence-corrected chi connectivity index (χ4v) is 2.48. The van der Waals surface area contributed by atoms with Gasteiger partial charge in [0.15, 0.2) is 0 Å². The first kappa shape index (κ1) is 11.4. The minimum absolute atomic E-state index is 0.363. The van der Waals surface area contributed by atoms with Gasteiger partial charge in [-0.05, 0) is 25.5 Å². The molecule has 2 rings (SSSR count). The molecule has 0 saturated carbocycles. The Morgan fingerprint density at radius 3 is 2.94 bits per heavy atom. The van der Waals surface area contributed by atoms with Gasteiger partial charge in [0.05, 0.1) is 5.69 Å². The number of thiophene rings is 1. The lowest BCUT2D eigenvalue weighted by atomic mass is 10.2. The highest BCUT2D eigenvalue weighted by atomic mass is 32.1. The third-order valence-corrected chi connectivity index (χ3v) is 3.95. The van der Waals surface area contributed by atoms with Crippen LogP contribution in [0.3, 0.4) is 0 Å². The molecule has 2 heterocycles.